The van der Waals surface area contributed by atoms with E-state index in [1.807, 2.05) is 36.6 Å². The van der Waals surface area contributed by atoms with E-state index in [9.17, 15) is 9.18 Å². The molecule has 0 spiro atoms. The smallest absolute Gasteiger partial charge is 0.228 e. The van der Waals surface area contributed by atoms with Gasteiger partial charge in [-0.1, -0.05) is 29.8 Å². The average Bonchev–Trinajstić information content (AvgIpc) is 2.46. The van der Waals surface area contributed by atoms with Crippen LogP contribution in [0.3, 0.4) is 0 Å². The summed E-state index contributed by atoms with van der Waals surface area (Å²) in [6.45, 7) is 0.717. The standard InChI is InChI=1S/C18H18ClFN2O/c19-15-4-2-1-3-13(15)9-16(23)21-14-5-7-22(8-6-14)18-10-17(20,11-18)12-18/h1-7H,8-12H2,(H,21,23). The quantitative estimate of drug-likeness (QED) is 0.917. The van der Waals surface area contributed by atoms with Gasteiger partial charge < -0.3 is 10.2 Å². The zero-order chi connectivity index (χ0) is 16.1. The monoisotopic (exact) mass is 332 g/mol. The number of carbonyl (C=O) groups excluding carboxylic acids is 1. The molecular formula is C18H18ClFN2O. The normalized spacial score (nSPS) is 31.0. The number of amides is 1. The summed E-state index contributed by atoms with van der Waals surface area (Å²) in [5.41, 5.74) is 0.756. The Hall–Kier alpha value is -1.81. The van der Waals surface area contributed by atoms with E-state index >= 15 is 0 Å². The van der Waals surface area contributed by atoms with E-state index in [2.05, 4.69) is 10.2 Å². The van der Waals surface area contributed by atoms with Crippen molar-refractivity contribution in [3.05, 3.63) is 58.9 Å². The second-order valence-corrected chi connectivity index (χ2v) is 7.26. The maximum atomic E-state index is 13.6. The van der Waals surface area contributed by atoms with Crippen LogP contribution in [0, 0.1) is 0 Å². The van der Waals surface area contributed by atoms with Gasteiger partial charge >= 0.3 is 0 Å². The van der Waals surface area contributed by atoms with E-state index in [0.717, 1.165) is 11.3 Å². The van der Waals surface area contributed by atoms with Crippen molar-refractivity contribution in [1.82, 2.24) is 10.2 Å². The van der Waals surface area contributed by atoms with Gasteiger partial charge in [-0.3, -0.25) is 4.79 Å². The molecule has 4 aliphatic rings. The maximum absolute atomic E-state index is 13.6. The molecule has 1 heterocycles. The molecule has 1 amide bonds. The summed E-state index contributed by atoms with van der Waals surface area (Å²) in [5, 5.41) is 3.50. The SMILES string of the molecule is O=C(Cc1ccccc1Cl)NC1=CCN(C23CC(F)(C2)C3)C=C1. The molecule has 3 fully saturated rings. The van der Waals surface area contributed by atoms with E-state index in [0.29, 0.717) is 30.8 Å². The molecule has 5 heteroatoms. The molecule has 0 unspecified atom stereocenters. The van der Waals surface area contributed by atoms with Gasteiger partial charge in [-0.2, -0.15) is 0 Å². The summed E-state index contributed by atoms with van der Waals surface area (Å²) >= 11 is 6.07. The number of benzene rings is 1. The van der Waals surface area contributed by atoms with Gasteiger partial charge in [0.25, 0.3) is 0 Å². The lowest BCUT2D eigenvalue weighted by molar-refractivity contribution is -0.212. The molecule has 0 saturated heterocycles. The first-order valence-corrected chi connectivity index (χ1v) is 8.23. The maximum Gasteiger partial charge on any atom is 0.228 e. The Morgan fingerprint density at radius 1 is 1.30 bits per heavy atom. The zero-order valence-corrected chi connectivity index (χ0v) is 13.4. The summed E-state index contributed by atoms with van der Waals surface area (Å²) in [7, 11) is 0. The molecule has 23 heavy (non-hydrogen) atoms. The third-order valence-corrected chi connectivity index (χ3v) is 5.45. The number of nitrogens with zero attached hydrogens (tertiary/aromatic N) is 1. The number of carbonyl (C=O) groups is 1. The van der Waals surface area contributed by atoms with Crippen LogP contribution in [0.25, 0.3) is 0 Å². The van der Waals surface area contributed by atoms with Crippen LogP contribution in [-0.4, -0.2) is 28.6 Å². The fraction of sp³-hybridized carbons (Fsp3) is 0.389. The van der Waals surface area contributed by atoms with Gasteiger partial charge in [-0.15, -0.1) is 0 Å². The molecule has 1 aromatic carbocycles. The Morgan fingerprint density at radius 3 is 2.65 bits per heavy atom. The van der Waals surface area contributed by atoms with Crippen molar-refractivity contribution in [1.29, 1.82) is 0 Å². The van der Waals surface area contributed by atoms with Crippen LogP contribution in [0.1, 0.15) is 24.8 Å². The molecule has 0 aromatic heterocycles. The predicted molar refractivity (Wildman–Crippen MR) is 87.6 cm³/mol. The molecule has 3 saturated carbocycles. The largest absolute Gasteiger partial charge is 0.368 e. The van der Waals surface area contributed by atoms with E-state index < -0.39 is 5.67 Å². The fourth-order valence-corrected chi connectivity index (χ4v) is 4.08. The predicted octanol–water partition coefficient (Wildman–Crippen LogP) is 3.36. The highest BCUT2D eigenvalue weighted by Crippen LogP contribution is 2.66. The van der Waals surface area contributed by atoms with Crippen molar-refractivity contribution in [3.63, 3.8) is 0 Å². The van der Waals surface area contributed by atoms with Crippen LogP contribution in [-0.2, 0) is 11.2 Å². The lowest BCUT2D eigenvalue weighted by Gasteiger charge is -2.69. The molecule has 1 aliphatic heterocycles. The highest BCUT2D eigenvalue weighted by molar-refractivity contribution is 6.31. The van der Waals surface area contributed by atoms with Gasteiger partial charge in [0.1, 0.15) is 5.67 Å². The van der Waals surface area contributed by atoms with Crippen molar-refractivity contribution < 1.29 is 9.18 Å². The molecule has 1 aromatic rings. The molecule has 5 rings (SSSR count). The molecule has 1 N–H and O–H groups in total. The van der Waals surface area contributed by atoms with Crippen molar-refractivity contribution in [2.75, 3.05) is 6.54 Å². The van der Waals surface area contributed by atoms with Crippen LogP contribution in [0.15, 0.2) is 48.3 Å². The minimum absolute atomic E-state index is 0.0366. The Labute approximate surface area is 139 Å². The zero-order valence-electron chi connectivity index (χ0n) is 12.7. The molecule has 3 aliphatic carbocycles. The third kappa shape index (κ3) is 2.55. The minimum Gasteiger partial charge on any atom is -0.368 e. The Kier molecular flexibility index (Phi) is 3.27. The first-order chi connectivity index (χ1) is 11.0. The Balaban J connectivity index is 1.32. The van der Waals surface area contributed by atoms with Crippen molar-refractivity contribution in [2.24, 2.45) is 0 Å². The lowest BCUT2D eigenvalue weighted by Crippen LogP contribution is -2.75. The minimum atomic E-state index is -0.888. The van der Waals surface area contributed by atoms with Crippen molar-refractivity contribution in [3.8, 4) is 0 Å². The molecule has 3 nitrogen and oxygen atoms in total. The van der Waals surface area contributed by atoms with Crippen molar-refractivity contribution >= 4 is 17.5 Å². The van der Waals surface area contributed by atoms with Gasteiger partial charge in [0, 0.05) is 48.3 Å². The van der Waals surface area contributed by atoms with Crippen LogP contribution in [0.4, 0.5) is 4.39 Å². The summed E-state index contributed by atoms with van der Waals surface area (Å²) in [6, 6.07) is 7.35. The number of nitrogens with one attached hydrogen (secondary N) is 1. The third-order valence-electron chi connectivity index (χ3n) is 5.08. The lowest BCUT2D eigenvalue weighted by atomic mass is 9.46. The number of alkyl halides is 1. The van der Waals surface area contributed by atoms with Crippen LogP contribution in [0.5, 0.6) is 0 Å². The Morgan fingerprint density at radius 2 is 2.04 bits per heavy atom. The second kappa shape index (κ2) is 5.10. The van der Waals surface area contributed by atoms with Gasteiger partial charge in [-0.25, -0.2) is 4.39 Å². The molecule has 0 atom stereocenters. The number of hydrogen-bond donors (Lipinski definition) is 1. The first kappa shape index (κ1) is 14.8. The number of rotatable bonds is 4. The average molecular weight is 333 g/mol. The molecular weight excluding hydrogens is 315 g/mol. The van der Waals surface area contributed by atoms with Gasteiger partial charge in [0.2, 0.25) is 5.91 Å². The van der Waals surface area contributed by atoms with Crippen LogP contribution in [0.2, 0.25) is 5.02 Å². The summed E-state index contributed by atoms with van der Waals surface area (Å²) in [5.74, 6) is -0.0873. The highest BCUT2D eigenvalue weighted by atomic mass is 35.5. The summed E-state index contributed by atoms with van der Waals surface area (Å²) in [6.07, 6.45) is 8.03. The Bertz CT molecular complexity index is 708. The number of halogens is 2. The number of allylic oxidation sites excluding steroid dienone is 1. The molecule has 120 valence electrons. The van der Waals surface area contributed by atoms with Gasteiger partial charge in [0.15, 0.2) is 0 Å². The van der Waals surface area contributed by atoms with E-state index in [4.69, 9.17) is 11.6 Å². The van der Waals surface area contributed by atoms with E-state index in [-0.39, 0.29) is 17.9 Å². The highest BCUT2D eigenvalue weighted by Gasteiger charge is 2.71. The van der Waals surface area contributed by atoms with Crippen LogP contribution >= 0.6 is 11.6 Å². The summed E-state index contributed by atoms with van der Waals surface area (Å²) < 4.78 is 13.6. The topological polar surface area (TPSA) is 32.3 Å². The fourth-order valence-electron chi connectivity index (χ4n) is 3.88. The van der Waals surface area contributed by atoms with Crippen LogP contribution < -0.4 is 5.32 Å². The van der Waals surface area contributed by atoms with Gasteiger partial charge in [0.05, 0.1) is 6.42 Å². The number of hydrogen-bond acceptors (Lipinski definition) is 2. The van der Waals surface area contributed by atoms with Gasteiger partial charge in [-0.05, 0) is 23.8 Å². The first-order valence-electron chi connectivity index (χ1n) is 7.85. The van der Waals surface area contributed by atoms with E-state index in [1.165, 1.54) is 0 Å². The molecule has 2 bridgehead atoms. The van der Waals surface area contributed by atoms with Crippen molar-refractivity contribution in [2.45, 2.75) is 36.9 Å². The van der Waals surface area contributed by atoms with E-state index in [1.54, 1.807) is 6.07 Å². The summed E-state index contributed by atoms with van der Waals surface area (Å²) in [4.78, 5) is 14.3. The second-order valence-electron chi connectivity index (χ2n) is 6.85. The molecule has 0 radical (unpaired) electrons.